The second-order valence-corrected chi connectivity index (χ2v) is 6.43. The fourth-order valence-corrected chi connectivity index (χ4v) is 2.78. The maximum Gasteiger partial charge on any atom is 0.251 e. The number of hydrogen-bond acceptors (Lipinski definition) is 3. The first kappa shape index (κ1) is 19.0. The van der Waals surface area contributed by atoms with E-state index in [1.807, 2.05) is 42.5 Å². The number of Topliss-reactive ketones (excluding diaryl/α,β-unsaturated/α-hetero) is 1. The number of benzene rings is 3. The molecule has 2 amide bonds. The lowest BCUT2D eigenvalue weighted by atomic mass is 10.1. The van der Waals surface area contributed by atoms with Gasteiger partial charge in [-0.25, -0.2) is 0 Å². The molecule has 3 aromatic rings. The van der Waals surface area contributed by atoms with Gasteiger partial charge in [0.2, 0.25) is 5.91 Å². The zero-order valence-corrected chi connectivity index (χ0v) is 15.7. The third kappa shape index (κ3) is 4.51. The van der Waals surface area contributed by atoms with E-state index in [0.29, 0.717) is 16.9 Å². The highest BCUT2D eigenvalue weighted by Crippen LogP contribution is 2.23. The lowest BCUT2D eigenvalue weighted by Gasteiger charge is -2.09. The van der Waals surface area contributed by atoms with Crippen molar-refractivity contribution in [1.29, 1.82) is 0 Å². The van der Waals surface area contributed by atoms with Crippen LogP contribution < -0.4 is 10.6 Å². The van der Waals surface area contributed by atoms with Crippen LogP contribution in [0.15, 0.2) is 78.4 Å². The lowest BCUT2D eigenvalue weighted by Crippen LogP contribution is -2.16. The van der Waals surface area contributed by atoms with Gasteiger partial charge in [0.05, 0.1) is 0 Å². The highest BCUT2D eigenvalue weighted by atomic mass is 16.2. The Bertz CT molecular complexity index is 1080. The first-order valence-corrected chi connectivity index (χ1v) is 8.83. The maximum atomic E-state index is 12.5. The van der Waals surface area contributed by atoms with Gasteiger partial charge in [-0.2, -0.15) is 0 Å². The normalized spacial score (nSPS) is 11.1. The summed E-state index contributed by atoms with van der Waals surface area (Å²) < 4.78 is 0. The van der Waals surface area contributed by atoms with Crippen molar-refractivity contribution in [2.75, 3.05) is 10.6 Å². The van der Waals surface area contributed by atoms with Crippen LogP contribution in [-0.2, 0) is 9.59 Å². The molecule has 0 aliphatic heterocycles. The van der Waals surface area contributed by atoms with Crippen molar-refractivity contribution in [2.24, 2.45) is 0 Å². The van der Waals surface area contributed by atoms with Crippen molar-refractivity contribution in [3.8, 4) is 0 Å². The Kier molecular flexibility index (Phi) is 5.65. The van der Waals surface area contributed by atoms with Crippen molar-refractivity contribution in [2.45, 2.75) is 13.8 Å². The molecule has 3 aromatic carbocycles. The third-order valence-corrected chi connectivity index (χ3v) is 4.30. The van der Waals surface area contributed by atoms with Crippen molar-refractivity contribution in [1.82, 2.24) is 0 Å². The summed E-state index contributed by atoms with van der Waals surface area (Å²) in [7, 11) is 0. The molecule has 0 radical (unpaired) electrons. The minimum Gasteiger partial charge on any atom is -0.323 e. The summed E-state index contributed by atoms with van der Waals surface area (Å²) in [5, 5.41) is 7.48. The molecule has 3 rings (SSSR count). The van der Waals surface area contributed by atoms with Crippen molar-refractivity contribution < 1.29 is 14.4 Å². The topological polar surface area (TPSA) is 75.3 Å². The van der Waals surface area contributed by atoms with E-state index in [2.05, 4.69) is 10.6 Å². The van der Waals surface area contributed by atoms with Gasteiger partial charge >= 0.3 is 0 Å². The Labute approximate surface area is 163 Å². The monoisotopic (exact) mass is 372 g/mol. The third-order valence-electron chi connectivity index (χ3n) is 4.30. The predicted molar refractivity (Wildman–Crippen MR) is 111 cm³/mol. The first-order chi connectivity index (χ1) is 13.4. The second kappa shape index (κ2) is 8.31. The summed E-state index contributed by atoms with van der Waals surface area (Å²) >= 11 is 0. The molecule has 0 atom stereocenters. The Morgan fingerprint density at radius 3 is 2.18 bits per heavy atom. The molecule has 5 heteroatoms. The summed E-state index contributed by atoms with van der Waals surface area (Å²) in [6.45, 7) is 3.06. The average molecular weight is 372 g/mol. The number of fused-ring (bicyclic) bond motifs is 1. The zero-order chi connectivity index (χ0) is 20.1. The van der Waals surface area contributed by atoms with Gasteiger partial charge < -0.3 is 10.6 Å². The SMILES string of the molecule is CC(=O)c1ccc(NC(=O)/C=C(/C)C(=O)Nc2cccc3ccccc23)cc1. The van der Waals surface area contributed by atoms with Crippen molar-refractivity contribution >= 4 is 39.7 Å². The molecule has 0 saturated carbocycles. The van der Waals surface area contributed by atoms with Gasteiger partial charge in [0.15, 0.2) is 5.78 Å². The van der Waals surface area contributed by atoms with E-state index < -0.39 is 5.91 Å². The number of carbonyl (C=O) groups excluding carboxylic acids is 3. The van der Waals surface area contributed by atoms with Gasteiger partial charge in [-0.05, 0) is 49.6 Å². The standard InChI is InChI=1S/C23H20N2O3/c1-15(14-22(27)24-19-12-10-17(11-13-19)16(2)26)23(28)25-21-9-5-7-18-6-3-4-8-20(18)21/h3-14H,1-2H3,(H,24,27)(H,25,28)/b15-14-. The first-order valence-electron chi connectivity index (χ1n) is 8.83. The Morgan fingerprint density at radius 2 is 1.46 bits per heavy atom. The van der Waals surface area contributed by atoms with E-state index in [1.165, 1.54) is 13.0 Å². The molecule has 5 nitrogen and oxygen atoms in total. The van der Waals surface area contributed by atoms with Gasteiger partial charge in [0.25, 0.3) is 5.91 Å². The van der Waals surface area contributed by atoms with Crippen LogP contribution in [-0.4, -0.2) is 17.6 Å². The molecule has 0 unspecified atom stereocenters. The summed E-state index contributed by atoms with van der Waals surface area (Å²) in [6, 6.07) is 20.0. The number of nitrogens with one attached hydrogen (secondary N) is 2. The lowest BCUT2D eigenvalue weighted by molar-refractivity contribution is -0.114. The number of amides is 2. The van der Waals surface area contributed by atoms with E-state index in [1.54, 1.807) is 31.2 Å². The van der Waals surface area contributed by atoms with Crippen LogP contribution in [0.3, 0.4) is 0 Å². The van der Waals surface area contributed by atoms with Gasteiger partial charge in [-0.3, -0.25) is 14.4 Å². The minimum atomic E-state index is -0.416. The largest absolute Gasteiger partial charge is 0.323 e. The molecule has 0 fully saturated rings. The van der Waals surface area contributed by atoms with Gasteiger partial charge in [-0.15, -0.1) is 0 Å². The summed E-state index contributed by atoms with van der Waals surface area (Å²) in [5.74, 6) is -0.807. The van der Waals surface area contributed by atoms with Crippen LogP contribution in [0, 0.1) is 0 Å². The van der Waals surface area contributed by atoms with E-state index >= 15 is 0 Å². The number of ketones is 1. The molecule has 0 aliphatic rings. The summed E-state index contributed by atoms with van der Waals surface area (Å²) in [5.41, 5.74) is 2.09. The fourth-order valence-electron chi connectivity index (χ4n) is 2.78. The van der Waals surface area contributed by atoms with E-state index in [9.17, 15) is 14.4 Å². The fraction of sp³-hybridized carbons (Fsp3) is 0.0870. The van der Waals surface area contributed by atoms with Crippen LogP contribution in [0.25, 0.3) is 10.8 Å². The van der Waals surface area contributed by atoms with Crippen molar-refractivity contribution in [3.05, 3.63) is 83.9 Å². The van der Waals surface area contributed by atoms with Crippen LogP contribution in [0.4, 0.5) is 11.4 Å². The number of hydrogen-bond donors (Lipinski definition) is 2. The Balaban J connectivity index is 1.68. The van der Waals surface area contributed by atoms with Crippen LogP contribution in [0.5, 0.6) is 0 Å². The van der Waals surface area contributed by atoms with Crippen LogP contribution in [0.2, 0.25) is 0 Å². The van der Waals surface area contributed by atoms with Gasteiger partial charge in [0, 0.05) is 34.0 Å². The van der Waals surface area contributed by atoms with E-state index in [4.69, 9.17) is 0 Å². The summed E-state index contributed by atoms with van der Waals surface area (Å²) in [6.07, 6.45) is 1.25. The van der Waals surface area contributed by atoms with Gasteiger partial charge in [0.1, 0.15) is 0 Å². The Morgan fingerprint density at radius 1 is 0.786 bits per heavy atom. The molecule has 0 aliphatic carbocycles. The number of rotatable bonds is 5. The molecule has 0 bridgehead atoms. The van der Waals surface area contributed by atoms with Crippen LogP contribution >= 0.6 is 0 Å². The molecule has 0 spiro atoms. The minimum absolute atomic E-state index is 0.0428. The smallest absolute Gasteiger partial charge is 0.251 e. The van der Waals surface area contributed by atoms with Gasteiger partial charge in [-0.1, -0.05) is 36.4 Å². The quantitative estimate of drug-likeness (QED) is 0.509. The van der Waals surface area contributed by atoms with Crippen LogP contribution in [0.1, 0.15) is 24.2 Å². The molecule has 0 saturated heterocycles. The number of anilines is 2. The molecule has 140 valence electrons. The molecule has 2 N–H and O–H groups in total. The maximum absolute atomic E-state index is 12.5. The number of carbonyl (C=O) groups is 3. The average Bonchev–Trinajstić information content (AvgIpc) is 2.68. The molecular weight excluding hydrogens is 352 g/mol. The van der Waals surface area contributed by atoms with Crippen molar-refractivity contribution in [3.63, 3.8) is 0 Å². The molecule has 0 heterocycles. The molecule has 0 aromatic heterocycles. The molecular formula is C23H20N2O3. The Hall–Kier alpha value is -3.73. The second-order valence-electron chi connectivity index (χ2n) is 6.43. The summed E-state index contributed by atoms with van der Waals surface area (Å²) in [4.78, 5) is 35.9. The highest BCUT2D eigenvalue weighted by Gasteiger charge is 2.10. The molecule has 28 heavy (non-hydrogen) atoms. The predicted octanol–water partition coefficient (Wildman–Crippen LogP) is 4.57. The highest BCUT2D eigenvalue weighted by molar-refractivity contribution is 6.12. The van der Waals surface area contributed by atoms with E-state index in [-0.39, 0.29) is 17.3 Å². The zero-order valence-electron chi connectivity index (χ0n) is 15.7. The van der Waals surface area contributed by atoms with E-state index in [0.717, 1.165) is 10.8 Å².